The smallest absolute Gasteiger partial charge is 0.273 e. The van der Waals surface area contributed by atoms with Gasteiger partial charge in [-0.3, -0.25) is 9.48 Å². The van der Waals surface area contributed by atoms with Crippen molar-refractivity contribution in [2.75, 3.05) is 0 Å². The molecule has 2 aromatic heterocycles. The van der Waals surface area contributed by atoms with Crippen LogP contribution < -0.4 is 5.32 Å². The fourth-order valence-corrected chi connectivity index (χ4v) is 2.70. The van der Waals surface area contributed by atoms with E-state index < -0.39 is 0 Å². The third-order valence-electron chi connectivity index (χ3n) is 3.72. The highest BCUT2D eigenvalue weighted by Crippen LogP contribution is 2.24. The largest absolute Gasteiger partial charge is 0.361 e. The van der Waals surface area contributed by atoms with Crippen molar-refractivity contribution in [2.24, 2.45) is 0 Å². The number of halogens is 1. The lowest BCUT2D eigenvalue weighted by molar-refractivity contribution is 0.0927. The summed E-state index contributed by atoms with van der Waals surface area (Å²) in [6.45, 7) is 4.10. The molecule has 0 aliphatic carbocycles. The lowest BCUT2D eigenvalue weighted by Crippen LogP contribution is -2.36. The number of carbonyl (C=O) groups excluding carboxylic acids is 1. The lowest BCUT2D eigenvalue weighted by atomic mass is 10.1. The highest BCUT2D eigenvalue weighted by atomic mass is 35.5. The van der Waals surface area contributed by atoms with Crippen LogP contribution in [0.3, 0.4) is 0 Å². The number of nitriles is 1. The van der Waals surface area contributed by atoms with Crippen LogP contribution in [-0.2, 0) is 6.54 Å². The molecule has 0 fully saturated rings. The van der Waals surface area contributed by atoms with E-state index in [9.17, 15) is 4.79 Å². The highest BCUT2D eigenvalue weighted by Gasteiger charge is 2.14. The number of amides is 1. The molecule has 7 nitrogen and oxygen atoms in total. The third-order valence-corrected chi connectivity index (χ3v) is 4.04. The molecule has 0 aliphatic rings. The summed E-state index contributed by atoms with van der Waals surface area (Å²) in [5.74, 6) is 0.293. The molecule has 3 aromatic rings. The number of aromatic nitrogens is 3. The van der Waals surface area contributed by atoms with Crippen LogP contribution in [0.4, 0.5) is 0 Å². The van der Waals surface area contributed by atoms with Gasteiger partial charge in [-0.15, -0.1) is 0 Å². The van der Waals surface area contributed by atoms with Crippen LogP contribution in [0.15, 0.2) is 41.1 Å². The van der Waals surface area contributed by atoms with Gasteiger partial charge in [0.1, 0.15) is 11.8 Å². The van der Waals surface area contributed by atoms with E-state index in [0.717, 1.165) is 11.3 Å². The summed E-state index contributed by atoms with van der Waals surface area (Å²) in [5, 5.41) is 20.4. The van der Waals surface area contributed by atoms with Crippen LogP contribution >= 0.6 is 11.6 Å². The van der Waals surface area contributed by atoms with Crippen LogP contribution in [0.1, 0.15) is 28.7 Å². The number of hydrogen-bond acceptors (Lipinski definition) is 5. The first-order valence-electron chi connectivity index (χ1n) is 7.94. The van der Waals surface area contributed by atoms with Crippen molar-refractivity contribution >= 4 is 17.5 Å². The van der Waals surface area contributed by atoms with Crippen molar-refractivity contribution in [1.82, 2.24) is 20.3 Å². The van der Waals surface area contributed by atoms with Crippen LogP contribution in [-0.4, -0.2) is 26.9 Å². The minimum absolute atomic E-state index is 0.156. The van der Waals surface area contributed by atoms with Gasteiger partial charge in [0.05, 0.1) is 22.8 Å². The average Bonchev–Trinajstić information content (AvgIpc) is 3.24. The average molecular weight is 370 g/mol. The molecule has 132 valence electrons. The molecule has 1 amide bonds. The molecule has 1 aromatic carbocycles. The third kappa shape index (κ3) is 3.92. The van der Waals surface area contributed by atoms with E-state index in [1.807, 2.05) is 25.3 Å². The van der Waals surface area contributed by atoms with Gasteiger partial charge in [-0.1, -0.05) is 22.8 Å². The second-order valence-corrected chi connectivity index (χ2v) is 6.33. The predicted octanol–water partition coefficient (Wildman–Crippen LogP) is 3.19. The molecule has 0 aliphatic heterocycles. The van der Waals surface area contributed by atoms with Gasteiger partial charge in [0, 0.05) is 23.9 Å². The Morgan fingerprint density at radius 3 is 2.88 bits per heavy atom. The summed E-state index contributed by atoms with van der Waals surface area (Å²) in [6, 6.07) is 10.5. The van der Waals surface area contributed by atoms with Gasteiger partial charge in [0.25, 0.3) is 5.91 Å². The fraction of sp³-hybridized carbons (Fsp3) is 0.222. The number of benzene rings is 1. The molecule has 3 rings (SSSR count). The topological polar surface area (TPSA) is 96.7 Å². The maximum atomic E-state index is 12.1. The highest BCUT2D eigenvalue weighted by molar-refractivity contribution is 6.32. The summed E-state index contributed by atoms with van der Waals surface area (Å²) in [6.07, 6.45) is 1.82. The quantitative estimate of drug-likeness (QED) is 0.744. The Morgan fingerprint density at radius 1 is 1.42 bits per heavy atom. The molecule has 1 N–H and O–H groups in total. The summed E-state index contributed by atoms with van der Waals surface area (Å²) in [7, 11) is 0. The minimum atomic E-state index is -0.291. The zero-order chi connectivity index (χ0) is 18.7. The SMILES string of the molecule is Cc1cc(C(=O)NC(C)Cn2ccc(-c3ccc(C#N)c(Cl)c3)n2)no1. The van der Waals surface area contributed by atoms with Crippen molar-refractivity contribution in [3.05, 3.63) is 58.6 Å². The van der Waals surface area contributed by atoms with Crippen LogP contribution in [0, 0.1) is 18.3 Å². The van der Waals surface area contributed by atoms with Gasteiger partial charge in [-0.2, -0.15) is 10.4 Å². The Hall–Kier alpha value is -3.11. The molecule has 1 unspecified atom stereocenters. The van der Waals surface area contributed by atoms with Crippen LogP contribution in [0.5, 0.6) is 0 Å². The lowest BCUT2D eigenvalue weighted by Gasteiger charge is -2.12. The second-order valence-electron chi connectivity index (χ2n) is 5.93. The number of aryl methyl sites for hydroxylation is 1. The number of nitrogens with one attached hydrogen (secondary N) is 1. The molecule has 2 heterocycles. The molecule has 0 saturated heterocycles. The molecule has 26 heavy (non-hydrogen) atoms. The zero-order valence-electron chi connectivity index (χ0n) is 14.2. The molecule has 0 radical (unpaired) electrons. The molecule has 0 saturated carbocycles. The fourth-order valence-electron chi connectivity index (χ4n) is 2.48. The first-order chi connectivity index (χ1) is 12.5. The summed E-state index contributed by atoms with van der Waals surface area (Å²) >= 11 is 6.07. The van der Waals surface area contributed by atoms with Crippen molar-refractivity contribution in [1.29, 1.82) is 5.26 Å². The summed E-state index contributed by atoms with van der Waals surface area (Å²) in [5.41, 5.74) is 2.24. The van der Waals surface area contributed by atoms with E-state index in [4.69, 9.17) is 21.4 Å². The number of rotatable bonds is 5. The molecular formula is C18H16ClN5O2. The normalized spacial score (nSPS) is 11.8. The second kappa shape index (κ2) is 7.42. The molecule has 0 bridgehead atoms. The van der Waals surface area contributed by atoms with E-state index >= 15 is 0 Å². The van der Waals surface area contributed by atoms with E-state index in [2.05, 4.69) is 15.6 Å². The van der Waals surface area contributed by atoms with Gasteiger partial charge in [0.2, 0.25) is 0 Å². The maximum absolute atomic E-state index is 12.1. The van der Waals surface area contributed by atoms with Crippen LogP contribution in [0.2, 0.25) is 5.02 Å². The summed E-state index contributed by atoms with van der Waals surface area (Å²) < 4.78 is 6.64. The molecule has 1 atom stereocenters. The zero-order valence-corrected chi connectivity index (χ0v) is 15.0. The van der Waals surface area contributed by atoms with Crippen molar-refractivity contribution in [2.45, 2.75) is 26.4 Å². The Bertz CT molecular complexity index is 986. The number of nitrogens with zero attached hydrogens (tertiary/aromatic N) is 4. The Labute approximate surface area is 155 Å². The van der Waals surface area contributed by atoms with E-state index in [1.54, 1.807) is 35.9 Å². The molecule has 8 heteroatoms. The van der Waals surface area contributed by atoms with Gasteiger partial charge < -0.3 is 9.84 Å². The van der Waals surface area contributed by atoms with Gasteiger partial charge in [-0.25, -0.2) is 0 Å². The molecule has 0 spiro atoms. The Balaban J connectivity index is 1.65. The van der Waals surface area contributed by atoms with Gasteiger partial charge >= 0.3 is 0 Å². The first kappa shape index (κ1) is 17.7. The number of carbonyl (C=O) groups is 1. The van der Waals surface area contributed by atoms with E-state index in [1.165, 1.54) is 0 Å². The standard InChI is InChI=1S/C18H16ClN5O2/c1-11(21-18(25)17-7-12(2)26-23-17)10-24-6-5-16(22-24)13-3-4-14(9-20)15(19)8-13/h3-8,11H,10H2,1-2H3,(H,21,25). The van der Waals surface area contributed by atoms with E-state index in [0.29, 0.717) is 22.9 Å². The minimum Gasteiger partial charge on any atom is -0.361 e. The maximum Gasteiger partial charge on any atom is 0.273 e. The van der Waals surface area contributed by atoms with Crippen molar-refractivity contribution < 1.29 is 9.32 Å². The molecular weight excluding hydrogens is 354 g/mol. The number of hydrogen-bond donors (Lipinski definition) is 1. The van der Waals surface area contributed by atoms with Gasteiger partial charge in [-0.05, 0) is 32.0 Å². The summed E-state index contributed by atoms with van der Waals surface area (Å²) in [4.78, 5) is 12.1. The predicted molar refractivity (Wildman–Crippen MR) is 95.6 cm³/mol. The Morgan fingerprint density at radius 2 is 2.23 bits per heavy atom. The van der Waals surface area contributed by atoms with Crippen LogP contribution in [0.25, 0.3) is 11.3 Å². The monoisotopic (exact) mass is 369 g/mol. The van der Waals surface area contributed by atoms with Crippen molar-refractivity contribution in [3.63, 3.8) is 0 Å². The van der Waals surface area contributed by atoms with Crippen molar-refractivity contribution in [3.8, 4) is 17.3 Å². The van der Waals surface area contributed by atoms with E-state index in [-0.39, 0.29) is 17.6 Å². The first-order valence-corrected chi connectivity index (χ1v) is 8.31. The Kier molecular flexibility index (Phi) is 5.05. The van der Waals surface area contributed by atoms with Gasteiger partial charge in [0.15, 0.2) is 5.69 Å².